The van der Waals surface area contributed by atoms with Gasteiger partial charge in [-0.3, -0.25) is 4.57 Å². The van der Waals surface area contributed by atoms with Crippen LogP contribution in [0.4, 0.5) is 0 Å². The molecule has 4 aromatic heterocycles. The van der Waals surface area contributed by atoms with Crippen LogP contribution >= 0.6 is 0 Å². The number of furan rings is 1. The van der Waals surface area contributed by atoms with Gasteiger partial charge in [0, 0.05) is 61.5 Å². The summed E-state index contributed by atoms with van der Waals surface area (Å²) < 4.78 is 10.9. The second-order valence-corrected chi connectivity index (χ2v) is 13.0. The fourth-order valence-corrected chi connectivity index (χ4v) is 8.03. The van der Waals surface area contributed by atoms with Crippen molar-refractivity contribution in [1.82, 2.24) is 19.1 Å². The summed E-state index contributed by atoms with van der Waals surface area (Å²) in [7, 11) is 0. The minimum absolute atomic E-state index is 0.629. The highest BCUT2D eigenvalue weighted by molar-refractivity contribution is 6.28. The fourth-order valence-electron chi connectivity index (χ4n) is 8.03. The molecule has 0 N–H and O–H groups in total. The van der Waals surface area contributed by atoms with Gasteiger partial charge in [-0.15, -0.1) is 0 Å². The first-order chi connectivity index (χ1) is 25.3. The number of fused-ring (bicyclic) bond motifs is 9. The van der Waals surface area contributed by atoms with Gasteiger partial charge >= 0.3 is 0 Å². The van der Waals surface area contributed by atoms with Crippen molar-refractivity contribution >= 4 is 65.6 Å². The van der Waals surface area contributed by atoms with Crippen molar-refractivity contribution in [3.8, 4) is 33.9 Å². The molecular formula is C46H28N4O. The number of benzene rings is 7. The maximum Gasteiger partial charge on any atom is 0.234 e. The lowest BCUT2D eigenvalue weighted by Gasteiger charge is -2.12. The Hall–Kier alpha value is -6.98. The Balaban J connectivity index is 1.31. The second kappa shape index (κ2) is 10.8. The summed E-state index contributed by atoms with van der Waals surface area (Å²) >= 11 is 0. The molecule has 0 spiro atoms. The van der Waals surface area contributed by atoms with E-state index < -0.39 is 0 Å². The number of nitrogens with zero attached hydrogens (tertiary/aromatic N) is 4. The molecule has 11 aromatic rings. The minimum atomic E-state index is 0.629. The topological polar surface area (TPSA) is 48.8 Å². The van der Waals surface area contributed by atoms with E-state index in [0.717, 1.165) is 77.2 Å². The number of rotatable bonds is 4. The van der Waals surface area contributed by atoms with Crippen LogP contribution in [0.25, 0.3) is 99.4 Å². The van der Waals surface area contributed by atoms with Crippen LogP contribution in [0.15, 0.2) is 175 Å². The minimum Gasteiger partial charge on any atom is -0.456 e. The zero-order chi connectivity index (χ0) is 33.5. The van der Waals surface area contributed by atoms with Gasteiger partial charge in [-0.25, -0.2) is 9.97 Å². The largest absolute Gasteiger partial charge is 0.456 e. The lowest BCUT2D eigenvalue weighted by Crippen LogP contribution is -2.01. The van der Waals surface area contributed by atoms with Crippen molar-refractivity contribution in [2.45, 2.75) is 0 Å². The Labute approximate surface area is 292 Å². The predicted molar refractivity (Wildman–Crippen MR) is 209 cm³/mol. The van der Waals surface area contributed by atoms with Crippen molar-refractivity contribution in [3.63, 3.8) is 0 Å². The van der Waals surface area contributed by atoms with Gasteiger partial charge in [0.25, 0.3) is 0 Å². The van der Waals surface area contributed by atoms with E-state index in [1.54, 1.807) is 0 Å². The van der Waals surface area contributed by atoms with Crippen LogP contribution in [-0.4, -0.2) is 19.1 Å². The summed E-state index contributed by atoms with van der Waals surface area (Å²) in [5, 5.41) is 6.93. The van der Waals surface area contributed by atoms with Crippen molar-refractivity contribution in [3.05, 3.63) is 170 Å². The van der Waals surface area contributed by atoms with Gasteiger partial charge in [0.15, 0.2) is 0 Å². The molecule has 5 heteroatoms. The monoisotopic (exact) mass is 652 g/mol. The standard InChI is InChI=1S/C46H28N4O/c1-3-13-29(14-4-1)31-27-47-46(48-28-31)50-38-21-11-8-19-35(38)45-40(50)26-39-44(34-18-7-10-20-37(34)49(39)32-15-5-2-6-16-32)43(45)30-23-24-42-36(25-30)33-17-9-12-22-41(33)51-42/h1-28H. The number of para-hydroxylation sites is 4. The Morgan fingerprint density at radius 3 is 1.69 bits per heavy atom. The van der Waals surface area contributed by atoms with E-state index in [4.69, 9.17) is 14.4 Å². The van der Waals surface area contributed by atoms with Crippen molar-refractivity contribution < 1.29 is 4.42 Å². The molecule has 0 amide bonds. The molecule has 238 valence electrons. The number of aromatic nitrogens is 4. The van der Waals surface area contributed by atoms with Crippen LogP contribution in [0, 0.1) is 0 Å². The predicted octanol–water partition coefficient (Wildman–Crippen LogP) is 11.9. The molecule has 0 bridgehead atoms. The molecule has 0 radical (unpaired) electrons. The van der Waals surface area contributed by atoms with E-state index in [-0.39, 0.29) is 0 Å². The van der Waals surface area contributed by atoms with E-state index in [1.807, 2.05) is 42.7 Å². The first kappa shape index (κ1) is 27.9. The summed E-state index contributed by atoms with van der Waals surface area (Å²) in [6.45, 7) is 0. The van der Waals surface area contributed by atoms with E-state index in [0.29, 0.717) is 5.95 Å². The molecule has 5 nitrogen and oxygen atoms in total. The van der Waals surface area contributed by atoms with Gasteiger partial charge in [-0.2, -0.15) is 0 Å². The van der Waals surface area contributed by atoms with E-state index in [9.17, 15) is 0 Å². The zero-order valence-electron chi connectivity index (χ0n) is 27.4. The van der Waals surface area contributed by atoms with Crippen LogP contribution in [0.3, 0.4) is 0 Å². The molecule has 0 aliphatic heterocycles. The highest BCUT2D eigenvalue weighted by atomic mass is 16.3. The summed E-state index contributed by atoms with van der Waals surface area (Å²) in [4.78, 5) is 10.0. The smallest absolute Gasteiger partial charge is 0.234 e. The van der Waals surface area contributed by atoms with E-state index in [2.05, 4.69) is 137 Å². The Kier molecular flexibility index (Phi) is 5.89. The lowest BCUT2D eigenvalue weighted by molar-refractivity contribution is 0.669. The Morgan fingerprint density at radius 2 is 0.961 bits per heavy atom. The molecule has 51 heavy (non-hydrogen) atoms. The summed E-state index contributed by atoms with van der Waals surface area (Å²) in [6, 6.07) is 55.5. The molecule has 0 aliphatic rings. The molecule has 7 aromatic carbocycles. The van der Waals surface area contributed by atoms with Gasteiger partial charge in [-0.05, 0) is 59.7 Å². The van der Waals surface area contributed by atoms with Gasteiger partial charge in [0.1, 0.15) is 11.2 Å². The van der Waals surface area contributed by atoms with Crippen molar-refractivity contribution in [1.29, 1.82) is 0 Å². The average molecular weight is 653 g/mol. The lowest BCUT2D eigenvalue weighted by atomic mass is 9.93. The van der Waals surface area contributed by atoms with Crippen LogP contribution in [-0.2, 0) is 0 Å². The maximum atomic E-state index is 6.30. The van der Waals surface area contributed by atoms with E-state index in [1.165, 1.54) is 16.3 Å². The SMILES string of the molecule is c1ccc(-c2cnc(-n3c4ccccc4c4c(-c5ccc6oc7ccccc7c6c5)c5c6ccccc6n(-c6ccccc6)c5cc43)nc2)cc1. The third-order valence-electron chi connectivity index (χ3n) is 10.2. The summed E-state index contributed by atoms with van der Waals surface area (Å²) in [5.74, 6) is 0.629. The number of hydrogen-bond donors (Lipinski definition) is 0. The quantitative estimate of drug-likeness (QED) is 0.190. The van der Waals surface area contributed by atoms with Gasteiger partial charge < -0.3 is 8.98 Å². The second-order valence-electron chi connectivity index (χ2n) is 13.0. The molecule has 0 unspecified atom stereocenters. The van der Waals surface area contributed by atoms with Crippen molar-refractivity contribution in [2.24, 2.45) is 0 Å². The van der Waals surface area contributed by atoms with Crippen LogP contribution in [0.5, 0.6) is 0 Å². The molecule has 0 fully saturated rings. The fraction of sp³-hybridized carbons (Fsp3) is 0. The Bertz CT molecular complexity index is 3120. The summed E-state index contributed by atoms with van der Waals surface area (Å²) in [5.41, 5.74) is 11.6. The van der Waals surface area contributed by atoms with Gasteiger partial charge in [0.2, 0.25) is 5.95 Å². The van der Waals surface area contributed by atoms with Gasteiger partial charge in [0.05, 0.1) is 22.1 Å². The summed E-state index contributed by atoms with van der Waals surface area (Å²) in [6.07, 6.45) is 3.85. The van der Waals surface area contributed by atoms with E-state index >= 15 is 0 Å². The maximum absolute atomic E-state index is 6.30. The molecule has 0 saturated heterocycles. The molecule has 0 saturated carbocycles. The molecular weight excluding hydrogens is 625 g/mol. The zero-order valence-corrected chi connectivity index (χ0v) is 27.4. The first-order valence-corrected chi connectivity index (χ1v) is 17.2. The average Bonchev–Trinajstić information content (AvgIpc) is 3.85. The highest BCUT2D eigenvalue weighted by Gasteiger charge is 2.25. The molecule has 0 aliphatic carbocycles. The third-order valence-corrected chi connectivity index (χ3v) is 10.2. The molecule has 4 heterocycles. The van der Waals surface area contributed by atoms with Crippen molar-refractivity contribution in [2.75, 3.05) is 0 Å². The van der Waals surface area contributed by atoms with Crippen LogP contribution in [0.2, 0.25) is 0 Å². The van der Waals surface area contributed by atoms with Crippen LogP contribution in [0.1, 0.15) is 0 Å². The molecule has 11 rings (SSSR count). The first-order valence-electron chi connectivity index (χ1n) is 17.2. The normalized spacial score (nSPS) is 11.9. The molecule has 0 atom stereocenters. The van der Waals surface area contributed by atoms with Gasteiger partial charge in [-0.1, -0.05) is 109 Å². The van der Waals surface area contributed by atoms with Crippen LogP contribution < -0.4 is 0 Å². The highest BCUT2D eigenvalue weighted by Crippen LogP contribution is 2.47. The third kappa shape index (κ3) is 4.09. The number of hydrogen-bond acceptors (Lipinski definition) is 3. The Morgan fingerprint density at radius 1 is 0.392 bits per heavy atom.